The number of hydrogen-bond donors (Lipinski definition) is 1. The Morgan fingerprint density at radius 3 is 2.42 bits per heavy atom. The van der Waals surface area contributed by atoms with Gasteiger partial charge in [-0.25, -0.2) is 0 Å². The van der Waals surface area contributed by atoms with Crippen LogP contribution in [0.1, 0.15) is 40.0 Å². The molecule has 12 heavy (non-hydrogen) atoms. The number of hydrogen-bond acceptors (Lipinski definition) is 1. The van der Waals surface area contributed by atoms with Crippen LogP contribution in [0.5, 0.6) is 0 Å². The van der Waals surface area contributed by atoms with Crippen LogP contribution in [0.25, 0.3) is 0 Å². The number of allylic oxidation sites excluding steroid dienone is 2. The Kier molecular flexibility index (Phi) is 5.85. The van der Waals surface area contributed by atoms with Gasteiger partial charge in [-0.05, 0) is 40.0 Å². The third-order valence-corrected chi connectivity index (χ3v) is 2.27. The van der Waals surface area contributed by atoms with E-state index >= 15 is 0 Å². The highest BCUT2D eigenvalue weighted by Crippen LogP contribution is 2.18. The van der Waals surface area contributed by atoms with Gasteiger partial charge in [-0.2, -0.15) is 0 Å². The Labute approximate surface area is 84.0 Å². The van der Waals surface area contributed by atoms with Gasteiger partial charge in [0.05, 0.1) is 5.60 Å². The van der Waals surface area contributed by atoms with Crippen LogP contribution in [0, 0.1) is 0 Å². The first-order valence-electron chi connectivity index (χ1n) is 4.39. The predicted molar refractivity (Wildman–Crippen MR) is 57.7 cm³/mol. The maximum absolute atomic E-state index is 9.77. The fourth-order valence-electron chi connectivity index (χ4n) is 1.00. The molecule has 0 aliphatic rings. The van der Waals surface area contributed by atoms with E-state index in [-0.39, 0.29) is 0 Å². The average Bonchev–Trinajstić information content (AvgIpc) is 1.85. The molecule has 0 aliphatic carbocycles. The number of halogens is 1. The quantitative estimate of drug-likeness (QED) is 0.572. The lowest BCUT2D eigenvalue weighted by atomic mass is 9.97. The van der Waals surface area contributed by atoms with E-state index in [0.717, 1.165) is 24.6 Å². The molecule has 1 nitrogen and oxygen atoms in total. The zero-order valence-electron chi connectivity index (χ0n) is 8.23. The summed E-state index contributed by atoms with van der Waals surface area (Å²) in [5, 5.41) is 10.6. The minimum absolute atomic E-state index is 0.505. The minimum atomic E-state index is -0.505. The van der Waals surface area contributed by atoms with Crippen molar-refractivity contribution >= 4 is 15.9 Å². The van der Waals surface area contributed by atoms with Gasteiger partial charge in [-0.15, -0.1) is 0 Å². The van der Waals surface area contributed by atoms with Gasteiger partial charge >= 0.3 is 0 Å². The summed E-state index contributed by atoms with van der Waals surface area (Å²) in [6.07, 6.45) is 4.82. The molecule has 0 heterocycles. The Morgan fingerprint density at radius 1 is 1.42 bits per heavy atom. The van der Waals surface area contributed by atoms with Crippen LogP contribution < -0.4 is 0 Å². The number of rotatable bonds is 5. The van der Waals surface area contributed by atoms with Gasteiger partial charge in [-0.1, -0.05) is 27.6 Å². The van der Waals surface area contributed by atoms with E-state index in [9.17, 15) is 5.11 Å². The second-order valence-electron chi connectivity index (χ2n) is 3.76. The van der Waals surface area contributed by atoms with Crippen molar-refractivity contribution in [2.75, 3.05) is 5.33 Å². The zero-order valence-corrected chi connectivity index (χ0v) is 9.82. The molecular formula is C10H19BrO. The van der Waals surface area contributed by atoms with E-state index in [4.69, 9.17) is 0 Å². The Bertz CT molecular complexity index is 146. The first-order chi connectivity index (χ1) is 5.48. The van der Waals surface area contributed by atoms with Crippen LogP contribution in [0.4, 0.5) is 0 Å². The number of aliphatic hydroxyl groups is 1. The van der Waals surface area contributed by atoms with Crippen molar-refractivity contribution in [2.45, 2.75) is 45.6 Å². The van der Waals surface area contributed by atoms with Crippen molar-refractivity contribution < 1.29 is 5.11 Å². The second-order valence-corrected chi connectivity index (χ2v) is 4.55. The molecule has 0 aromatic heterocycles. The molecule has 1 unspecified atom stereocenters. The lowest BCUT2D eigenvalue weighted by molar-refractivity contribution is 0.0495. The van der Waals surface area contributed by atoms with Gasteiger partial charge in [0.15, 0.2) is 0 Å². The summed E-state index contributed by atoms with van der Waals surface area (Å²) < 4.78 is 0. The molecule has 0 aliphatic heterocycles. The van der Waals surface area contributed by atoms with E-state index in [1.165, 1.54) is 5.57 Å². The van der Waals surface area contributed by atoms with E-state index in [0.29, 0.717) is 0 Å². The van der Waals surface area contributed by atoms with Crippen LogP contribution in [0.2, 0.25) is 0 Å². The van der Waals surface area contributed by atoms with Crippen molar-refractivity contribution in [1.29, 1.82) is 0 Å². The third kappa shape index (κ3) is 6.86. The normalized spacial score (nSPS) is 15.4. The monoisotopic (exact) mass is 234 g/mol. The first-order valence-corrected chi connectivity index (χ1v) is 5.52. The molecule has 0 bridgehead atoms. The summed E-state index contributed by atoms with van der Waals surface area (Å²) in [6, 6.07) is 0. The van der Waals surface area contributed by atoms with E-state index in [1.54, 1.807) is 0 Å². The van der Waals surface area contributed by atoms with Crippen molar-refractivity contribution in [2.24, 2.45) is 0 Å². The molecular weight excluding hydrogens is 216 g/mol. The summed E-state index contributed by atoms with van der Waals surface area (Å²) in [6.45, 7) is 6.06. The molecule has 0 rings (SSSR count). The Balaban J connectivity index is 3.68. The molecule has 0 aromatic carbocycles. The summed E-state index contributed by atoms with van der Waals surface area (Å²) in [5.41, 5.74) is 0.819. The third-order valence-electron chi connectivity index (χ3n) is 1.87. The molecule has 0 fully saturated rings. The largest absolute Gasteiger partial charge is 0.390 e. The SMILES string of the molecule is CC(C)=CCCC(C)(O)CCBr. The highest BCUT2D eigenvalue weighted by molar-refractivity contribution is 9.09. The Morgan fingerprint density at radius 2 is 2.00 bits per heavy atom. The maximum atomic E-state index is 9.77. The fraction of sp³-hybridized carbons (Fsp3) is 0.800. The van der Waals surface area contributed by atoms with E-state index in [1.807, 2.05) is 6.92 Å². The molecule has 2 heteroatoms. The summed E-state index contributed by atoms with van der Waals surface area (Å²) >= 11 is 3.33. The smallest absolute Gasteiger partial charge is 0.0630 e. The van der Waals surface area contributed by atoms with Crippen LogP contribution in [-0.4, -0.2) is 16.0 Å². The second kappa shape index (κ2) is 5.76. The van der Waals surface area contributed by atoms with Crippen molar-refractivity contribution in [3.05, 3.63) is 11.6 Å². The highest BCUT2D eigenvalue weighted by atomic mass is 79.9. The average molecular weight is 235 g/mol. The van der Waals surface area contributed by atoms with Crippen molar-refractivity contribution in [3.63, 3.8) is 0 Å². The van der Waals surface area contributed by atoms with E-state index in [2.05, 4.69) is 35.9 Å². The van der Waals surface area contributed by atoms with Crippen molar-refractivity contribution in [3.8, 4) is 0 Å². The lowest BCUT2D eigenvalue weighted by Gasteiger charge is -2.21. The van der Waals surface area contributed by atoms with Gasteiger partial charge < -0.3 is 5.11 Å². The first kappa shape index (κ1) is 12.2. The molecule has 1 N–H and O–H groups in total. The molecule has 1 atom stereocenters. The molecule has 0 radical (unpaired) electrons. The van der Waals surface area contributed by atoms with E-state index < -0.39 is 5.60 Å². The van der Waals surface area contributed by atoms with Gasteiger partial charge in [0.1, 0.15) is 0 Å². The fourth-order valence-corrected chi connectivity index (χ4v) is 1.85. The molecule has 0 saturated carbocycles. The van der Waals surface area contributed by atoms with Gasteiger partial charge in [0, 0.05) is 5.33 Å². The maximum Gasteiger partial charge on any atom is 0.0630 e. The van der Waals surface area contributed by atoms with Crippen LogP contribution in [0.15, 0.2) is 11.6 Å². The van der Waals surface area contributed by atoms with Crippen LogP contribution >= 0.6 is 15.9 Å². The highest BCUT2D eigenvalue weighted by Gasteiger charge is 2.17. The molecule has 0 amide bonds. The zero-order chi connectivity index (χ0) is 9.61. The molecule has 0 saturated heterocycles. The molecule has 0 aromatic rings. The molecule has 0 spiro atoms. The van der Waals surface area contributed by atoms with Gasteiger partial charge in [-0.3, -0.25) is 0 Å². The van der Waals surface area contributed by atoms with Gasteiger partial charge in [0.25, 0.3) is 0 Å². The van der Waals surface area contributed by atoms with Crippen LogP contribution in [-0.2, 0) is 0 Å². The Hall–Kier alpha value is 0.180. The predicted octanol–water partition coefficient (Wildman–Crippen LogP) is 3.27. The number of alkyl halides is 1. The molecule has 72 valence electrons. The topological polar surface area (TPSA) is 20.2 Å². The summed E-state index contributed by atoms with van der Waals surface area (Å²) in [4.78, 5) is 0. The summed E-state index contributed by atoms with van der Waals surface area (Å²) in [5.74, 6) is 0. The minimum Gasteiger partial charge on any atom is -0.390 e. The summed E-state index contributed by atoms with van der Waals surface area (Å²) in [7, 11) is 0. The van der Waals surface area contributed by atoms with Crippen LogP contribution in [0.3, 0.4) is 0 Å². The lowest BCUT2D eigenvalue weighted by Crippen LogP contribution is -2.23. The standard InChI is InChI=1S/C10H19BrO/c1-9(2)5-4-6-10(3,12)7-8-11/h5,12H,4,6-8H2,1-3H3. The van der Waals surface area contributed by atoms with Gasteiger partial charge in [0.2, 0.25) is 0 Å². The van der Waals surface area contributed by atoms with Crippen molar-refractivity contribution in [1.82, 2.24) is 0 Å².